The summed E-state index contributed by atoms with van der Waals surface area (Å²) in [6.07, 6.45) is 0. The summed E-state index contributed by atoms with van der Waals surface area (Å²) in [5, 5.41) is 6.52. The van der Waals surface area contributed by atoms with E-state index in [4.69, 9.17) is 9.47 Å². The fraction of sp³-hybridized carbons (Fsp3) is 0.929. The van der Waals surface area contributed by atoms with Crippen molar-refractivity contribution in [3.8, 4) is 0 Å². The van der Waals surface area contributed by atoms with Crippen LogP contribution < -0.4 is 10.6 Å². The highest BCUT2D eigenvalue weighted by molar-refractivity contribution is 5.79. The van der Waals surface area contributed by atoms with E-state index in [-0.39, 0.29) is 5.54 Å². The Bertz CT molecular complexity index is 289. The van der Waals surface area contributed by atoms with Crippen LogP contribution in [0.25, 0.3) is 0 Å². The van der Waals surface area contributed by atoms with Crippen molar-refractivity contribution in [3.05, 3.63) is 0 Å². The van der Waals surface area contributed by atoms with Gasteiger partial charge in [0.15, 0.2) is 5.96 Å². The van der Waals surface area contributed by atoms with Gasteiger partial charge < -0.3 is 20.1 Å². The number of hydrogen-bond donors (Lipinski definition) is 2. The van der Waals surface area contributed by atoms with Crippen LogP contribution in [0, 0.1) is 0 Å². The smallest absolute Gasteiger partial charge is 0.191 e. The topological polar surface area (TPSA) is 58.1 Å². The number of ether oxygens (including phenoxy) is 2. The summed E-state index contributed by atoms with van der Waals surface area (Å²) >= 11 is 0. The van der Waals surface area contributed by atoms with Crippen LogP contribution >= 0.6 is 0 Å². The second-order valence-electron chi connectivity index (χ2n) is 5.53. The normalized spacial score (nSPS) is 18.1. The van der Waals surface area contributed by atoms with Crippen molar-refractivity contribution in [2.75, 3.05) is 59.7 Å². The Balaban J connectivity index is 2.49. The summed E-state index contributed by atoms with van der Waals surface area (Å²) < 4.78 is 10.5. The molecule has 6 heteroatoms. The van der Waals surface area contributed by atoms with E-state index in [0.29, 0.717) is 6.61 Å². The Kier molecular flexibility index (Phi) is 7.87. The van der Waals surface area contributed by atoms with Gasteiger partial charge in [-0.1, -0.05) is 0 Å². The van der Waals surface area contributed by atoms with Crippen molar-refractivity contribution in [2.24, 2.45) is 4.99 Å². The third-order valence-corrected chi connectivity index (χ3v) is 3.43. The lowest BCUT2D eigenvalue weighted by Crippen LogP contribution is -2.52. The Hall–Kier alpha value is -0.850. The van der Waals surface area contributed by atoms with Gasteiger partial charge in [0, 0.05) is 38.8 Å². The molecule has 0 atom stereocenters. The SMILES string of the molecule is CCNC(=NCC(C)(C)N1CCOCC1)NCCOC. The molecule has 0 spiro atoms. The van der Waals surface area contributed by atoms with E-state index in [1.165, 1.54) is 0 Å². The average molecular weight is 286 g/mol. The van der Waals surface area contributed by atoms with Gasteiger partial charge in [-0.25, -0.2) is 0 Å². The molecular weight excluding hydrogens is 256 g/mol. The minimum absolute atomic E-state index is 0.0490. The molecule has 1 heterocycles. The van der Waals surface area contributed by atoms with Crippen molar-refractivity contribution >= 4 is 5.96 Å². The van der Waals surface area contributed by atoms with Crippen molar-refractivity contribution in [1.29, 1.82) is 0 Å². The molecule has 2 N–H and O–H groups in total. The zero-order chi connectivity index (χ0) is 14.8. The first-order chi connectivity index (χ1) is 9.60. The van der Waals surface area contributed by atoms with E-state index in [1.807, 2.05) is 0 Å². The molecule has 1 fully saturated rings. The maximum absolute atomic E-state index is 5.41. The number of hydrogen-bond acceptors (Lipinski definition) is 4. The van der Waals surface area contributed by atoms with E-state index in [9.17, 15) is 0 Å². The summed E-state index contributed by atoms with van der Waals surface area (Å²) in [6.45, 7) is 13.2. The quantitative estimate of drug-likeness (QED) is 0.400. The van der Waals surface area contributed by atoms with Crippen LogP contribution in [0.1, 0.15) is 20.8 Å². The lowest BCUT2D eigenvalue weighted by molar-refractivity contribution is -0.00684. The molecule has 0 saturated carbocycles. The summed E-state index contributed by atoms with van der Waals surface area (Å²) in [7, 11) is 1.70. The molecule has 0 bridgehead atoms. The van der Waals surface area contributed by atoms with Gasteiger partial charge in [0.25, 0.3) is 0 Å². The first kappa shape index (κ1) is 17.2. The van der Waals surface area contributed by atoms with Crippen LogP contribution in [0.5, 0.6) is 0 Å². The largest absolute Gasteiger partial charge is 0.383 e. The second-order valence-corrected chi connectivity index (χ2v) is 5.53. The molecule has 20 heavy (non-hydrogen) atoms. The molecule has 0 aromatic heterocycles. The predicted octanol–water partition coefficient (Wildman–Crippen LogP) is 0.299. The van der Waals surface area contributed by atoms with Crippen molar-refractivity contribution in [1.82, 2.24) is 15.5 Å². The van der Waals surface area contributed by atoms with E-state index < -0.39 is 0 Å². The van der Waals surface area contributed by atoms with Gasteiger partial charge in [-0.3, -0.25) is 9.89 Å². The fourth-order valence-electron chi connectivity index (χ4n) is 2.15. The van der Waals surface area contributed by atoms with Gasteiger partial charge in [-0.05, 0) is 20.8 Å². The number of aliphatic imine (C=N–C) groups is 1. The van der Waals surface area contributed by atoms with Gasteiger partial charge in [0.2, 0.25) is 0 Å². The number of guanidine groups is 1. The second kappa shape index (κ2) is 9.15. The first-order valence-corrected chi connectivity index (χ1v) is 7.44. The number of rotatable bonds is 7. The molecule has 1 aliphatic rings. The summed E-state index contributed by atoms with van der Waals surface area (Å²) in [6, 6.07) is 0. The number of morpholine rings is 1. The molecule has 1 rings (SSSR count). The van der Waals surface area contributed by atoms with E-state index >= 15 is 0 Å². The summed E-state index contributed by atoms with van der Waals surface area (Å²) in [5.41, 5.74) is 0.0490. The van der Waals surface area contributed by atoms with E-state index in [2.05, 4.69) is 41.3 Å². The third kappa shape index (κ3) is 6.07. The molecule has 0 aliphatic carbocycles. The van der Waals surface area contributed by atoms with Crippen LogP contribution in [0.2, 0.25) is 0 Å². The minimum atomic E-state index is 0.0490. The van der Waals surface area contributed by atoms with Crippen LogP contribution in [0.15, 0.2) is 4.99 Å². The molecule has 1 saturated heterocycles. The highest BCUT2D eigenvalue weighted by Crippen LogP contribution is 2.16. The Morgan fingerprint density at radius 2 is 2.00 bits per heavy atom. The molecule has 6 nitrogen and oxygen atoms in total. The highest BCUT2D eigenvalue weighted by Gasteiger charge is 2.27. The number of methoxy groups -OCH3 is 1. The predicted molar refractivity (Wildman–Crippen MR) is 82.3 cm³/mol. The molecule has 118 valence electrons. The fourth-order valence-corrected chi connectivity index (χ4v) is 2.15. The van der Waals surface area contributed by atoms with Crippen LogP contribution in [-0.2, 0) is 9.47 Å². The van der Waals surface area contributed by atoms with Gasteiger partial charge in [-0.2, -0.15) is 0 Å². The summed E-state index contributed by atoms with van der Waals surface area (Å²) in [5.74, 6) is 0.853. The summed E-state index contributed by atoms with van der Waals surface area (Å²) in [4.78, 5) is 7.13. The Morgan fingerprint density at radius 3 is 2.60 bits per heavy atom. The van der Waals surface area contributed by atoms with E-state index in [1.54, 1.807) is 7.11 Å². The zero-order valence-electron chi connectivity index (χ0n) is 13.4. The molecule has 0 aromatic rings. The lowest BCUT2D eigenvalue weighted by Gasteiger charge is -2.39. The van der Waals surface area contributed by atoms with E-state index in [0.717, 1.165) is 51.9 Å². The maximum Gasteiger partial charge on any atom is 0.191 e. The van der Waals surface area contributed by atoms with Crippen LogP contribution in [0.3, 0.4) is 0 Å². The van der Waals surface area contributed by atoms with Crippen molar-refractivity contribution < 1.29 is 9.47 Å². The van der Waals surface area contributed by atoms with Crippen LogP contribution in [0.4, 0.5) is 0 Å². The molecule has 0 aromatic carbocycles. The number of nitrogens with one attached hydrogen (secondary N) is 2. The minimum Gasteiger partial charge on any atom is -0.383 e. The first-order valence-electron chi connectivity index (χ1n) is 7.44. The van der Waals surface area contributed by atoms with Crippen LogP contribution in [-0.4, -0.2) is 76.1 Å². The third-order valence-electron chi connectivity index (χ3n) is 3.43. The molecule has 1 aliphatic heterocycles. The number of nitrogens with zero attached hydrogens (tertiary/aromatic N) is 2. The molecular formula is C14H30N4O2. The Morgan fingerprint density at radius 1 is 1.30 bits per heavy atom. The van der Waals surface area contributed by atoms with Crippen molar-refractivity contribution in [2.45, 2.75) is 26.3 Å². The van der Waals surface area contributed by atoms with Gasteiger partial charge in [0.05, 0.1) is 26.4 Å². The Labute approximate surface area is 122 Å². The average Bonchev–Trinajstić information content (AvgIpc) is 2.46. The molecule has 0 unspecified atom stereocenters. The zero-order valence-corrected chi connectivity index (χ0v) is 13.4. The monoisotopic (exact) mass is 286 g/mol. The maximum atomic E-state index is 5.41. The standard InChI is InChI=1S/C14H30N4O2/c1-5-15-13(16-6-9-19-4)17-12-14(2,3)18-7-10-20-11-8-18/h5-12H2,1-4H3,(H2,15,16,17). The van der Waals surface area contributed by atoms with Gasteiger partial charge in [0.1, 0.15) is 0 Å². The highest BCUT2D eigenvalue weighted by atomic mass is 16.5. The van der Waals surface area contributed by atoms with Gasteiger partial charge >= 0.3 is 0 Å². The lowest BCUT2D eigenvalue weighted by atomic mass is 10.0. The molecule has 0 radical (unpaired) electrons. The molecule has 0 amide bonds. The van der Waals surface area contributed by atoms with Gasteiger partial charge in [-0.15, -0.1) is 0 Å². The van der Waals surface area contributed by atoms with Crippen molar-refractivity contribution in [3.63, 3.8) is 0 Å².